The zero-order valence-electron chi connectivity index (χ0n) is 7.45. The van der Waals surface area contributed by atoms with Gasteiger partial charge in [0.1, 0.15) is 5.75 Å². The van der Waals surface area contributed by atoms with Crippen molar-refractivity contribution >= 4 is 5.91 Å². The highest BCUT2D eigenvalue weighted by Gasteiger charge is 2.25. The summed E-state index contributed by atoms with van der Waals surface area (Å²) in [5.74, 6) is 0.294. The third kappa shape index (κ3) is 1.16. The van der Waals surface area contributed by atoms with Gasteiger partial charge < -0.3 is 10.0 Å². The van der Waals surface area contributed by atoms with Gasteiger partial charge in [0.15, 0.2) is 0 Å². The second-order valence-electron chi connectivity index (χ2n) is 3.16. The molecule has 0 saturated carbocycles. The summed E-state index contributed by atoms with van der Waals surface area (Å²) in [4.78, 5) is 13.3. The summed E-state index contributed by atoms with van der Waals surface area (Å²) >= 11 is 0. The zero-order chi connectivity index (χ0) is 9.42. The number of fused-ring (bicyclic) bond motifs is 1. The monoisotopic (exact) mass is 177 g/mol. The average molecular weight is 177 g/mol. The lowest BCUT2D eigenvalue weighted by atomic mass is 10.1. The molecule has 0 aliphatic carbocycles. The lowest BCUT2D eigenvalue weighted by molar-refractivity contribution is 0.0787. The molecule has 3 heteroatoms. The molecule has 0 saturated heterocycles. The summed E-state index contributed by atoms with van der Waals surface area (Å²) in [6.45, 7) is 3.29. The molecule has 1 aliphatic heterocycles. The van der Waals surface area contributed by atoms with Gasteiger partial charge in [-0.25, -0.2) is 0 Å². The van der Waals surface area contributed by atoms with Crippen LogP contribution in [0.1, 0.15) is 22.8 Å². The van der Waals surface area contributed by atoms with Crippen LogP contribution in [-0.2, 0) is 6.54 Å². The van der Waals surface area contributed by atoms with E-state index in [4.69, 9.17) is 0 Å². The van der Waals surface area contributed by atoms with Gasteiger partial charge in [-0.1, -0.05) is 0 Å². The summed E-state index contributed by atoms with van der Waals surface area (Å²) in [5.41, 5.74) is 1.64. The third-order valence-electron chi connectivity index (χ3n) is 2.35. The molecule has 3 nitrogen and oxygen atoms in total. The SMILES string of the molecule is CCN1Cc2cc(O)ccc2C1=O. The molecule has 2 rings (SSSR count). The van der Waals surface area contributed by atoms with Gasteiger partial charge >= 0.3 is 0 Å². The number of benzene rings is 1. The van der Waals surface area contributed by atoms with E-state index in [-0.39, 0.29) is 11.7 Å². The van der Waals surface area contributed by atoms with Crippen molar-refractivity contribution in [3.8, 4) is 5.75 Å². The maximum absolute atomic E-state index is 11.6. The summed E-state index contributed by atoms with van der Waals surface area (Å²) in [6.07, 6.45) is 0. The first-order valence-electron chi connectivity index (χ1n) is 4.33. The minimum atomic E-state index is 0.0671. The molecule has 0 radical (unpaired) electrons. The molecule has 0 aromatic heterocycles. The van der Waals surface area contributed by atoms with Crippen LogP contribution in [0.25, 0.3) is 0 Å². The maximum Gasteiger partial charge on any atom is 0.254 e. The molecule has 1 aromatic rings. The summed E-state index contributed by atoms with van der Waals surface area (Å²) in [5, 5.41) is 9.21. The van der Waals surface area contributed by atoms with Gasteiger partial charge in [-0.2, -0.15) is 0 Å². The van der Waals surface area contributed by atoms with Gasteiger partial charge in [0.25, 0.3) is 5.91 Å². The largest absolute Gasteiger partial charge is 0.508 e. The summed E-state index contributed by atoms with van der Waals surface area (Å²) in [6, 6.07) is 4.89. The van der Waals surface area contributed by atoms with Crippen molar-refractivity contribution in [3.05, 3.63) is 29.3 Å². The molecular formula is C10H11NO2. The van der Waals surface area contributed by atoms with Crippen molar-refractivity contribution in [2.24, 2.45) is 0 Å². The number of phenolic OH excluding ortho intramolecular Hbond substituents is 1. The molecule has 1 amide bonds. The number of carbonyl (C=O) groups is 1. The Bertz CT molecular complexity index is 360. The van der Waals surface area contributed by atoms with Crippen LogP contribution in [0.5, 0.6) is 5.75 Å². The lowest BCUT2D eigenvalue weighted by Crippen LogP contribution is -2.22. The van der Waals surface area contributed by atoms with Crippen LogP contribution < -0.4 is 0 Å². The molecule has 0 spiro atoms. The van der Waals surface area contributed by atoms with Crippen molar-refractivity contribution < 1.29 is 9.90 Å². The number of nitrogens with zero attached hydrogens (tertiary/aromatic N) is 1. The highest BCUT2D eigenvalue weighted by atomic mass is 16.3. The van der Waals surface area contributed by atoms with E-state index in [1.165, 1.54) is 0 Å². The molecule has 1 aliphatic rings. The van der Waals surface area contributed by atoms with Crippen molar-refractivity contribution in [1.82, 2.24) is 4.90 Å². The number of phenols is 1. The fraction of sp³-hybridized carbons (Fsp3) is 0.300. The Labute approximate surface area is 76.6 Å². The Kier molecular flexibility index (Phi) is 1.72. The Hall–Kier alpha value is -1.51. The fourth-order valence-corrected chi connectivity index (χ4v) is 1.62. The van der Waals surface area contributed by atoms with Gasteiger partial charge in [0.2, 0.25) is 0 Å². The van der Waals surface area contributed by atoms with Crippen LogP contribution in [0.15, 0.2) is 18.2 Å². The van der Waals surface area contributed by atoms with E-state index in [2.05, 4.69) is 0 Å². The zero-order valence-corrected chi connectivity index (χ0v) is 7.45. The van der Waals surface area contributed by atoms with Crippen molar-refractivity contribution in [2.45, 2.75) is 13.5 Å². The van der Waals surface area contributed by atoms with Crippen LogP contribution >= 0.6 is 0 Å². The molecule has 68 valence electrons. The molecule has 0 fully saturated rings. The predicted octanol–water partition coefficient (Wildman–Crippen LogP) is 1.37. The van der Waals surface area contributed by atoms with E-state index in [0.29, 0.717) is 13.1 Å². The van der Waals surface area contributed by atoms with Gasteiger partial charge in [0, 0.05) is 18.7 Å². The fourth-order valence-electron chi connectivity index (χ4n) is 1.62. The Balaban J connectivity index is 2.44. The third-order valence-corrected chi connectivity index (χ3v) is 2.35. The van der Waals surface area contributed by atoms with E-state index in [9.17, 15) is 9.90 Å². The standard InChI is InChI=1S/C10H11NO2/c1-2-11-6-7-5-8(12)3-4-9(7)10(11)13/h3-5,12H,2,6H2,1H3. The highest BCUT2D eigenvalue weighted by Crippen LogP contribution is 2.25. The van der Waals surface area contributed by atoms with E-state index >= 15 is 0 Å². The minimum absolute atomic E-state index is 0.0671. The molecule has 13 heavy (non-hydrogen) atoms. The average Bonchev–Trinajstić information content (AvgIpc) is 2.42. The minimum Gasteiger partial charge on any atom is -0.508 e. The van der Waals surface area contributed by atoms with Gasteiger partial charge in [-0.05, 0) is 30.7 Å². The van der Waals surface area contributed by atoms with Crippen LogP contribution in [0.3, 0.4) is 0 Å². The second kappa shape index (κ2) is 2.76. The molecule has 0 atom stereocenters. The van der Waals surface area contributed by atoms with Crippen LogP contribution in [0.2, 0.25) is 0 Å². The molecule has 0 bridgehead atoms. The first-order chi connectivity index (χ1) is 6.22. The second-order valence-corrected chi connectivity index (χ2v) is 3.16. The highest BCUT2D eigenvalue weighted by molar-refractivity contribution is 5.98. The number of hydrogen-bond donors (Lipinski definition) is 1. The first kappa shape index (κ1) is 8.10. The Morgan fingerprint density at radius 2 is 2.31 bits per heavy atom. The topological polar surface area (TPSA) is 40.5 Å². The maximum atomic E-state index is 11.6. The summed E-state index contributed by atoms with van der Waals surface area (Å²) in [7, 11) is 0. The lowest BCUT2D eigenvalue weighted by Gasteiger charge is -2.10. The summed E-state index contributed by atoms with van der Waals surface area (Å²) < 4.78 is 0. The van der Waals surface area contributed by atoms with Gasteiger partial charge in [0.05, 0.1) is 0 Å². The van der Waals surface area contributed by atoms with Gasteiger partial charge in [-0.3, -0.25) is 4.79 Å². The van der Waals surface area contributed by atoms with Crippen LogP contribution in [0, 0.1) is 0 Å². The van der Waals surface area contributed by atoms with Crippen molar-refractivity contribution in [1.29, 1.82) is 0 Å². The number of hydrogen-bond acceptors (Lipinski definition) is 2. The normalized spacial score (nSPS) is 14.8. The molecule has 0 unspecified atom stereocenters. The first-order valence-corrected chi connectivity index (χ1v) is 4.33. The van der Waals surface area contributed by atoms with Crippen LogP contribution in [0.4, 0.5) is 0 Å². The Morgan fingerprint density at radius 1 is 1.54 bits per heavy atom. The molecule has 1 heterocycles. The predicted molar refractivity (Wildman–Crippen MR) is 48.5 cm³/mol. The number of amides is 1. The molecule has 1 aromatic carbocycles. The quantitative estimate of drug-likeness (QED) is 0.703. The number of aromatic hydroxyl groups is 1. The molecular weight excluding hydrogens is 166 g/mol. The van der Waals surface area contributed by atoms with E-state index in [1.807, 2.05) is 6.92 Å². The smallest absolute Gasteiger partial charge is 0.254 e. The number of rotatable bonds is 1. The van der Waals surface area contributed by atoms with Gasteiger partial charge in [-0.15, -0.1) is 0 Å². The van der Waals surface area contributed by atoms with Crippen molar-refractivity contribution in [2.75, 3.05) is 6.54 Å². The molecule has 1 N–H and O–H groups in total. The van der Waals surface area contributed by atoms with E-state index in [1.54, 1.807) is 23.1 Å². The Morgan fingerprint density at radius 3 is 3.00 bits per heavy atom. The van der Waals surface area contributed by atoms with Crippen molar-refractivity contribution in [3.63, 3.8) is 0 Å². The van der Waals surface area contributed by atoms with E-state index in [0.717, 1.165) is 11.1 Å². The van der Waals surface area contributed by atoms with Crippen LogP contribution in [-0.4, -0.2) is 22.5 Å². The number of carbonyl (C=O) groups excluding carboxylic acids is 1. The van der Waals surface area contributed by atoms with E-state index < -0.39 is 0 Å².